The number of fused-ring (bicyclic) bond motifs is 1. The Morgan fingerprint density at radius 1 is 1.12 bits per heavy atom. The van der Waals surface area contributed by atoms with Gasteiger partial charge < -0.3 is 9.15 Å². The van der Waals surface area contributed by atoms with Crippen molar-refractivity contribution in [2.45, 2.75) is 40.7 Å². The molecule has 0 radical (unpaired) electrons. The lowest BCUT2D eigenvalue weighted by atomic mass is 9.95. The smallest absolute Gasteiger partial charge is 0.338 e. The number of nitrogens with zero attached hydrogens (tertiary/aromatic N) is 3. The van der Waals surface area contributed by atoms with E-state index in [9.17, 15) is 19.7 Å². The average molecular weight is 558 g/mol. The first-order chi connectivity index (χ1) is 19.1. The maximum absolute atomic E-state index is 13.8. The van der Waals surface area contributed by atoms with Crippen molar-refractivity contribution in [3.8, 4) is 11.3 Å². The molecule has 4 aromatic rings. The fourth-order valence-electron chi connectivity index (χ4n) is 4.71. The molecule has 0 fully saturated rings. The molecule has 1 aliphatic rings. The van der Waals surface area contributed by atoms with E-state index < -0.39 is 16.9 Å². The quantitative estimate of drug-likeness (QED) is 0.189. The Hall–Kier alpha value is -4.57. The number of hydrogen-bond acceptors (Lipinski definition) is 8. The molecule has 0 amide bonds. The van der Waals surface area contributed by atoms with E-state index in [2.05, 4.69) is 4.99 Å². The number of nitro benzene ring substituents is 1. The standard InChI is InChI=1S/C30H27N3O6S/c1-6-38-29(35)26-19(5)31-30-32(27(26)20-9-7-16(2)8-10-20)28(34)25(40-30)15-21-11-12-24(39-21)22-13-17(3)18(4)14-23(22)33(36)37/h7-15,27H,6H2,1-5H3/b25-15+/t27-/m1/s1. The molecule has 0 unspecified atom stereocenters. The fraction of sp³-hybridized carbons (Fsp3) is 0.233. The zero-order chi connectivity index (χ0) is 28.7. The molecule has 0 bridgehead atoms. The lowest BCUT2D eigenvalue weighted by Crippen LogP contribution is -2.39. The normalized spacial score (nSPS) is 15.1. The second-order valence-corrected chi connectivity index (χ2v) is 10.6. The van der Waals surface area contributed by atoms with Gasteiger partial charge in [0.15, 0.2) is 4.80 Å². The molecule has 0 aliphatic carbocycles. The van der Waals surface area contributed by atoms with Crippen molar-refractivity contribution in [1.29, 1.82) is 0 Å². The minimum absolute atomic E-state index is 0.0524. The molecule has 1 atom stereocenters. The van der Waals surface area contributed by atoms with Gasteiger partial charge in [-0.2, -0.15) is 0 Å². The number of thiazole rings is 1. The van der Waals surface area contributed by atoms with Crippen molar-refractivity contribution >= 4 is 29.1 Å². The summed E-state index contributed by atoms with van der Waals surface area (Å²) in [5.41, 5.74) is 4.29. The third kappa shape index (κ3) is 4.82. The summed E-state index contributed by atoms with van der Waals surface area (Å²) in [6.07, 6.45) is 1.59. The highest BCUT2D eigenvalue weighted by Crippen LogP contribution is 2.34. The van der Waals surface area contributed by atoms with Gasteiger partial charge in [-0.05, 0) is 69.5 Å². The van der Waals surface area contributed by atoms with E-state index in [4.69, 9.17) is 9.15 Å². The Kier molecular flexibility index (Phi) is 7.12. The summed E-state index contributed by atoms with van der Waals surface area (Å²) < 4.78 is 13.2. The molecule has 2 aromatic carbocycles. The van der Waals surface area contributed by atoms with E-state index in [0.717, 1.165) is 22.3 Å². The molecule has 9 nitrogen and oxygen atoms in total. The van der Waals surface area contributed by atoms with Gasteiger partial charge in [0.05, 0.1) is 38.9 Å². The van der Waals surface area contributed by atoms with Gasteiger partial charge in [0.1, 0.15) is 11.5 Å². The van der Waals surface area contributed by atoms with Gasteiger partial charge in [0.25, 0.3) is 11.2 Å². The first-order valence-corrected chi connectivity index (χ1v) is 13.5. The summed E-state index contributed by atoms with van der Waals surface area (Å²) in [5.74, 6) is 0.169. The summed E-state index contributed by atoms with van der Waals surface area (Å²) in [5, 5.41) is 11.7. The van der Waals surface area contributed by atoms with Crippen LogP contribution in [0.5, 0.6) is 0 Å². The van der Waals surface area contributed by atoms with Crippen LogP contribution in [0.15, 0.2) is 74.0 Å². The van der Waals surface area contributed by atoms with Crippen LogP contribution in [0, 0.1) is 30.9 Å². The largest absolute Gasteiger partial charge is 0.463 e. The summed E-state index contributed by atoms with van der Waals surface area (Å²) in [7, 11) is 0. The number of furan rings is 1. The molecule has 0 saturated carbocycles. The Balaban J connectivity index is 1.64. The van der Waals surface area contributed by atoms with E-state index >= 15 is 0 Å². The molecule has 0 saturated heterocycles. The number of carbonyl (C=O) groups is 1. The van der Waals surface area contributed by atoms with E-state index in [1.54, 1.807) is 38.1 Å². The number of ether oxygens (including phenoxy) is 1. The lowest BCUT2D eigenvalue weighted by Gasteiger charge is -2.24. The highest BCUT2D eigenvalue weighted by molar-refractivity contribution is 7.07. The van der Waals surface area contributed by atoms with Crippen molar-refractivity contribution < 1.29 is 18.9 Å². The molecule has 3 heterocycles. The number of esters is 1. The van der Waals surface area contributed by atoms with E-state index in [1.807, 2.05) is 45.0 Å². The monoisotopic (exact) mass is 557 g/mol. The van der Waals surface area contributed by atoms with Crippen LogP contribution in [0.25, 0.3) is 17.4 Å². The number of hydrogen-bond donors (Lipinski definition) is 0. The van der Waals surface area contributed by atoms with E-state index in [1.165, 1.54) is 22.0 Å². The van der Waals surface area contributed by atoms with Crippen molar-refractivity contribution in [1.82, 2.24) is 4.57 Å². The van der Waals surface area contributed by atoms with Crippen LogP contribution in [0.3, 0.4) is 0 Å². The van der Waals surface area contributed by atoms with Crippen molar-refractivity contribution in [3.05, 3.63) is 118 Å². The molecule has 2 aromatic heterocycles. The predicted molar refractivity (Wildman–Crippen MR) is 152 cm³/mol. The maximum atomic E-state index is 13.8. The van der Waals surface area contributed by atoms with Crippen molar-refractivity contribution in [2.75, 3.05) is 6.61 Å². The van der Waals surface area contributed by atoms with Crippen LogP contribution in [0.1, 0.15) is 47.9 Å². The topological polar surface area (TPSA) is 117 Å². The first kappa shape index (κ1) is 27.0. The lowest BCUT2D eigenvalue weighted by molar-refractivity contribution is -0.384. The van der Waals surface area contributed by atoms with Gasteiger partial charge >= 0.3 is 5.97 Å². The van der Waals surface area contributed by atoms with Crippen LogP contribution in [0.2, 0.25) is 0 Å². The second kappa shape index (κ2) is 10.5. The van der Waals surface area contributed by atoms with Gasteiger partial charge in [-0.1, -0.05) is 41.2 Å². The van der Waals surface area contributed by atoms with Gasteiger partial charge in [-0.15, -0.1) is 0 Å². The second-order valence-electron chi connectivity index (χ2n) is 9.63. The maximum Gasteiger partial charge on any atom is 0.338 e. The number of carbonyl (C=O) groups excluding carboxylic acids is 1. The fourth-order valence-corrected chi connectivity index (χ4v) is 5.74. The van der Waals surface area contributed by atoms with Gasteiger partial charge in [-0.25, -0.2) is 9.79 Å². The summed E-state index contributed by atoms with van der Waals surface area (Å²) in [4.78, 5) is 43.1. The van der Waals surface area contributed by atoms with E-state index in [0.29, 0.717) is 37.7 Å². The number of nitro groups is 1. The SMILES string of the molecule is CCOC(=O)C1=C(C)N=c2s/c(=C/c3ccc(-c4cc(C)c(C)cc4[N+](=O)[O-])o3)c(=O)n2[C@@H]1c1ccc(C)cc1. The highest BCUT2D eigenvalue weighted by atomic mass is 32.1. The number of rotatable bonds is 6. The Morgan fingerprint density at radius 3 is 2.50 bits per heavy atom. The van der Waals surface area contributed by atoms with Crippen LogP contribution in [-0.2, 0) is 9.53 Å². The molecule has 40 heavy (non-hydrogen) atoms. The summed E-state index contributed by atoms with van der Waals surface area (Å²) in [6.45, 7) is 9.32. The molecule has 0 N–H and O–H groups in total. The molecule has 5 rings (SSSR count). The average Bonchev–Trinajstić information content (AvgIpc) is 3.49. The minimum atomic E-state index is -0.705. The zero-order valence-electron chi connectivity index (χ0n) is 22.7. The highest BCUT2D eigenvalue weighted by Gasteiger charge is 2.33. The van der Waals surface area contributed by atoms with Crippen LogP contribution in [0.4, 0.5) is 5.69 Å². The number of allylic oxidation sites excluding steroid dienone is 1. The third-order valence-electron chi connectivity index (χ3n) is 6.88. The summed E-state index contributed by atoms with van der Waals surface area (Å²) in [6, 6.07) is 13.5. The molecule has 10 heteroatoms. The van der Waals surface area contributed by atoms with Crippen molar-refractivity contribution in [3.63, 3.8) is 0 Å². The first-order valence-electron chi connectivity index (χ1n) is 12.7. The molecular weight excluding hydrogens is 530 g/mol. The molecule has 1 aliphatic heterocycles. The Bertz CT molecular complexity index is 1880. The summed E-state index contributed by atoms with van der Waals surface area (Å²) >= 11 is 1.18. The molecule has 0 spiro atoms. The zero-order valence-corrected chi connectivity index (χ0v) is 23.5. The van der Waals surface area contributed by atoms with Crippen LogP contribution < -0.4 is 14.9 Å². The number of aryl methyl sites for hydroxylation is 3. The third-order valence-corrected chi connectivity index (χ3v) is 7.87. The number of aromatic nitrogens is 1. The van der Waals surface area contributed by atoms with Crippen molar-refractivity contribution in [2.24, 2.45) is 4.99 Å². The van der Waals surface area contributed by atoms with E-state index in [-0.39, 0.29) is 17.9 Å². The predicted octanol–water partition coefficient (Wildman–Crippen LogP) is 4.89. The number of benzene rings is 2. The van der Waals surface area contributed by atoms with Crippen LogP contribution >= 0.6 is 11.3 Å². The molecular formula is C30H27N3O6S. The minimum Gasteiger partial charge on any atom is -0.463 e. The van der Waals surface area contributed by atoms with Gasteiger partial charge in [-0.3, -0.25) is 19.5 Å². The Morgan fingerprint density at radius 2 is 1.82 bits per heavy atom. The van der Waals surface area contributed by atoms with Crippen LogP contribution in [-0.4, -0.2) is 22.1 Å². The molecule has 204 valence electrons. The van der Waals surface area contributed by atoms with Gasteiger partial charge in [0, 0.05) is 12.1 Å². The van der Waals surface area contributed by atoms with Gasteiger partial charge in [0.2, 0.25) is 0 Å². The Labute approximate surface area is 233 Å².